The number of rotatable bonds is 4. The minimum Gasteiger partial charge on any atom is -0.351 e. The van der Waals surface area contributed by atoms with Crippen molar-refractivity contribution in [1.82, 2.24) is 15.1 Å². The van der Waals surface area contributed by atoms with Crippen LogP contribution in [-0.4, -0.2) is 39.4 Å². The van der Waals surface area contributed by atoms with Gasteiger partial charge in [0.1, 0.15) is 11.2 Å². The number of nitrogens with zero attached hydrogens (tertiary/aromatic N) is 3. The zero-order valence-electron chi connectivity index (χ0n) is 19.8. The Labute approximate surface area is 195 Å². The molecule has 0 unspecified atom stereocenters. The Bertz CT molecular complexity index is 1020. The highest BCUT2D eigenvalue weighted by Gasteiger charge is 2.49. The van der Waals surface area contributed by atoms with Gasteiger partial charge in [-0.15, -0.1) is 11.8 Å². The normalized spacial score (nSPS) is 22.0. The van der Waals surface area contributed by atoms with E-state index in [-0.39, 0.29) is 23.3 Å². The molecule has 0 saturated heterocycles. The zero-order valence-corrected chi connectivity index (χ0v) is 20.6. The summed E-state index contributed by atoms with van der Waals surface area (Å²) in [5.74, 6) is -0.287. The van der Waals surface area contributed by atoms with Gasteiger partial charge in [0.25, 0.3) is 5.91 Å². The maximum atomic E-state index is 13.8. The summed E-state index contributed by atoms with van der Waals surface area (Å²) >= 11 is 1.62. The monoisotopic (exact) mass is 454 g/mol. The van der Waals surface area contributed by atoms with E-state index in [0.29, 0.717) is 12.2 Å². The molecule has 2 aliphatic rings. The third-order valence-electron chi connectivity index (χ3n) is 6.66. The Morgan fingerprint density at radius 3 is 2.56 bits per heavy atom. The fraction of sp³-hybridized carbons (Fsp3) is 0.560. The molecule has 4 rings (SSSR count). The maximum absolute atomic E-state index is 13.8. The lowest BCUT2D eigenvalue weighted by Gasteiger charge is -2.44. The molecule has 1 aliphatic heterocycles. The van der Waals surface area contributed by atoms with E-state index in [1.807, 2.05) is 43.5 Å². The van der Waals surface area contributed by atoms with Gasteiger partial charge in [0.2, 0.25) is 5.91 Å². The quantitative estimate of drug-likeness (QED) is 0.676. The molecule has 6 nitrogen and oxygen atoms in total. The molecule has 0 bridgehead atoms. The molecule has 1 saturated carbocycles. The first-order valence-corrected chi connectivity index (χ1v) is 12.7. The minimum atomic E-state index is -1.07. The van der Waals surface area contributed by atoms with Crippen LogP contribution in [0.15, 0.2) is 35.2 Å². The molecule has 0 radical (unpaired) electrons. The van der Waals surface area contributed by atoms with Crippen LogP contribution in [0.2, 0.25) is 0 Å². The fourth-order valence-electron chi connectivity index (χ4n) is 4.69. The van der Waals surface area contributed by atoms with Crippen molar-refractivity contribution >= 4 is 29.3 Å². The molecule has 7 heteroatoms. The van der Waals surface area contributed by atoms with Crippen LogP contribution in [0, 0.1) is 0 Å². The van der Waals surface area contributed by atoms with Crippen molar-refractivity contribution in [2.75, 3.05) is 11.2 Å². The van der Waals surface area contributed by atoms with Gasteiger partial charge in [0.15, 0.2) is 0 Å². The number of anilines is 1. The van der Waals surface area contributed by atoms with Gasteiger partial charge in [-0.2, -0.15) is 5.10 Å². The van der Waals surface area contributed by atoms with Gasteiger partial charge < -0.3 is 5.32 Å². The lowest BCUT2D eigenvalue weighted by Crippen LogP contribution is -2.65. The molecule has 1 aliphatic carbocycles. The highest BCUT2D eigenvalue weighted by atomic mass is 32.2. The van der Waals surface area contributed by atoms with Gasteiger partial charge in [0.05, 0.1) is 12.2 Å². The number of carbonyl (C=O) groups is 2. The van der Waals surface area contributed by atoms with E-state index in [2.05, 4.69) is 26.1 Å². The van der Waals surface area contributed by atoms with Crippen LogP contribution in [0.25, 0.3) is 0 Å². The highest BCUT2D eigenvalue weighted by Crippen LogP contribution is 2.36. The van der Waals surface area contributed by atoms with Crippen molar-refractivity contribution in [3.05, 3.63) is 41.7 Å². The number of aromatic nitrogens is 2. The topological polar surface area (TPSA) is 67.2 Å². The smallest absolute Gasteiger partial charge is 0.277 e. The molecule has 32 heavy (non-hydrogen) atoms. The predicted molar refractivity (Wildman–Crippen MR) is 129 cm³/mol. The average Bonchev–Trinajstić information content (AvgIpc) is 3.19. The van der Waals surface area contributed by atoms with Crippen LogP contribution < -0.4 is 10.2 Å². The molecule has 1 fully saturated rings. The summed E-state index contributed by atoms with van der Waals surface area (Å²) in [6, 6.07) is 9.93. The van der Waals surface area contributed by atoms with Crippen LogP contribution in [0.5, 0.6) is 0 Å². The SMILES string of the molecule is CSc1cccc(N2C(=O)c3cc(C(C)(C)C)nn3C[C@]2(C)C(=O)NC2CCCCC2)c1. The van der Waals surface area contributed by atoms with E-state index in [9.17, 15) is 9.59 Å². The van der Waals surface area contributed by atoms with Crippen molar-refractivity contribution in [3.63, 3.8) is 0 Å². The van der Waals surface area contributed by atoms with E-state index >= 15 is 0 Å². The van der Waals surface area contributed by atoms with Gasteiger partial charge in [-0.25, -0.2) is 0 Å². The van der Waals surface area contributed by atoms with Crippen LogP contribution in [0.3, 0.4) is 0 Å². The Balaban J connectivity index is 1.78. The molecule has 2 heterocycles. The van der Waals surface area contributed by atoms with Crippen LogP contribution in [0.4, 0.5) is 5.69 Å². The molecule has 1 atom stereocenters. The number of hydrogen-bond donors (Lipinski definition) is 1. The summed E-state index contributed by atoms with van der Waals surface area (Å²) in [4.78, 5) is 30.3. The Hall–Kier alpha value is -2.28. The summed E-state index contributed by atoms with van der Waals surface area (Å²) in [5.41, 5.74) is 0.880. The molecular weight excluding hydrogens is 420 g/mol. The summed E-state index contributed by atoms with van der Waals surface area (Å²) in [5, 5.41) is 8.01. The zero-order chi connectivity index (χ0) is 23.1. The van der Waals surface area contributed by atoms with Crippen molar-refractivity contribution in [2.45, 2.75) is 88.2 Å². The molecule has 1 aromatic carbocycles. The minimum absolute atomic E-state index is 0.106. The van der Waals surface area contributed by atoms with Gasteiger partial charge in [0, 0.05) is 22.0 Å². The van der Waals surface area contributed by atoms with Crippen molar-refractivity contribution in [1.29, 1.82) is 0 Å². The van der Waals surface area contributed by atoms with Gasteiger partial charge in [-0.3, -0.25) is 19.2 Å². The number of carbonyl (C=O) groups excluding carboxylic acids is 2. The first kappa shape index (κ1) is 22.9. The van der Waals surface area contributed by atoms with Crippen LogP contribution >= 0.6 is 11.8 Å². The fourth-order valence-corrected chi connectivity index (χ4v) is 5.14. The summed E-state index contributed by atoms with van der Waals surface area (Å²) in [6.45, 7) is 8.45. The molecule has 2 amide bonds. The Morgan fingerprint density at radius 1 is 1.19 bits per heavy atom. The Morgan fingerprint density at radius 2 is 1.91 bits per heavy atom. The molecule has 2 aromatic rings. The molecule has 1 N–H and O–H groups in total. The van der Waals surface area contributed by atoms with E-state index < -0.39 is 5.54 Å². The second-order valence-electron chi connectivity index (χ2n) is 10.2. The van der Waals surface area contributed by atoms with Gasteiger partial charge >= 0.3 is 0 Å². The molecule has 1 aromatic heterocycles. The average molecular weight is 455 g/mol. The molecular formula is C25H34N4O2S. The number of thioether (sulfide) groups is 1. The largest absolute Gasteiger partial charge is 0.351 e. The van der Waals surface area contributed by atoms with Crippen molar-refractivity contribution in [2.24, 2.45) is 0 Å². The highest BCUT2D eigenvalue weighted by molar-refractivity contribution is 7.98. The van der Waals surface area contributed by atoms with Crippen molar-refractivity contribution in [3.8, 4) is 0 Å². The molecule has 172 valence electrons. The standard InChI is InChI=1S/C25H34N4O2S/c1-24(2,3)21-15-20-22(30)29(18-12-9-13-19(14-18)32-5)25(4,16-28(20)27-21)23(31)26-17-10-7-6-8-11-17/h9,12-15,17H,6-8,10-11,16H2,1-5H3,(H,26,31)/t25-/m1/s1. The number of hydrogen-bond acceptors (Lipinski definition) is 4. The predicted octanol–water partition coefficient (Wildman–Crippen LogP) is 4.77. The van der Waals surface area contributed by atoms with E-state index in [4.69, 9.17) is 5.10 Å². The summed E-state index contributed by atoms with van der Waals surface area (Å²) in [6.07, 6.45) is 7.51. The lowest BCUT2D eigenvalue weighted by molar-refractivity contribution is -0.127. The van der Waals surface area contributed by atoms with E-state index in [1.54, 1.807) is 21.3 Å². The summed E-state index contributed by atoms with van der Waals surface area (Å²) in [7, 11) is 0. The second-order valence-corrected chi connectivity index (χ2v) is 11.1. The van der Waals surface area contributed by atoms with Gasteiger partial charge in [-0.1, -0.05) is 46.1 Å². The number of amides is 2. The van der Waals surface area contributed by atoms with Crippen LogP contribution in [0.1, 0.15) is 76.0 Å². The third kappa shape index (κ3) is 4.19. The second kappa shape index (κ2) is 8.58. The summed E-state index contributed by atoms with van der Waals surface area (Å²) < 4.78 is 1.73. The lowest BCUT2D eigenvalue weighted by atomic mass is 9.90. The van der Waals surface area contributed by atoms with E-state index in [0.717, 1.165) is 42.0 Å². The molecule has 0 spiro atoms. The Kier molecular flexibility index (Phi) is 6.14. The number of fused-ring (bicyclic) bond motifs is 1. The van der Waals surface area contributed by atoms with Crippen LogP contribution in [-0.2, 0) is 16.8 Å². The van der Waals surface area contributed by atoms with Gasteiger partial charge in [-0.05, 0) is 50.3 Å². The third-order valence-corrected chi connectivity index (χ3v) is 7.39. The van der Waals surface area contributed by atoms with Crippen molar-refractivity contribution < 1.29 is 9.59 Å². The first-order valence-electron chi connectivity index (χ1n) is 11.5. The first-order chi connectivity index (χ1) is 15.1. The number of nitrogens with one attached hydrogen (secondary N) is 1. The number of benzene rings is 1. The maximum Gasteiger partial charge on any atom is 0.277 e. The van der Waals surface area contributed by atoms with E-state index in [1.165, 1.54) is 6.42 Å².